The Morgan fingerprint density at radius 2 is 2.00 bits per heavy atom. The zero-order valence-electron chi connectivity index (χ0n) is 13.5. The lowest BCUT2D eigenvalue weighted by molar-refractivity contribution is -0.0243. The van der Waals surface area contributed by atoms with Crippen LogP contribution < -0.4 is 17.2 Å². The third-order valence-electron chi connectivity index (χ3n) is 3.25. The molecule has 4 atom stereocenters. The second-order valence-electron chi connectivity index (χ2n) is 5.27. The van der Waals surface area contributed by atoms with E-state index in [0.717, 1.165) is 0 Å². The summed E-state index contributed by atoms with van der Waals surface area (Å²) in [6, 6.07) is 1.43. The molecule has 1 saturated heterocycles. The van der Waals surface area contributed by atoms with Gasteiger partial charge in [-0.3, -0.25) is 13.6 Å². The molecule has 2 heterocycles. The van der Waals surface area contributed by atoms with Crippen LogP contribution in [0.2, 0.25) is 0 Å². The van der Waals surface area contributed by atoms with E-state index in [1.807, 2.05) is 0 Å². The highest BCUT2D eigenvalue weighted by molar-refractivity contribution is 7.61. The van der Waals surface area contributed by atoms with E-state index >= 15 is 0 Å². The van der Waals surface area contributed by atoms with Crippen molar-refractivity contribution >= 4 is 21.5 Å². The lowest BCUT2D eigenvalue weighted by Gasteiger charge is -2.18. The minimum atomic E-state index is -4.87. The predicted molar refractivity (Wildman–Crippen MR) is 87.7 cm³/mol. The fourth-order valence-corrected chi connectivity index (χ4v) is 4.29. The van der Waals surface area contributed by atoms with Gasteiger partial charge in [0.25, 0.3) is 0 Å². The van der Waals surface area contributed by atoms with Crippen molar-refractivity contribution < 1.29 is 37.0 Å². The van der Waals surface area contributed by atoms with Crippen molar-refractivity contribution in [3.8, 4) is 0 Å². The first-order valence-corrected chi connectivity index (χ1v) is 10.5. The maximum Gasteiger partial charge on any atom is 0.481 e. The van der Waals surface area contributed by atoms with Gasteiger partial charge in [0.05, 0.1) is 19.3 Å². The molecule has 0 spiro atoms. The second kappa shape index (κ2) is 8.70. The highest BCUT2D eigenvalue weighted by Crippen LogP contribution is 2.60. The molecule has 2 rings (SSSR count). The molecule has 0 saturated carbocycles. The van der Waals surface area contributed by atoms with Crippen molar-refractivity contribution in [2.45, 2.75) is 25.2 Å². The molecule has 0 aliphatic carbocycles. The van der Waals surface area contributed by atoms with Gasteiger partial charge in [-0.1, -0.05) is 0 Å². The molecule has 13 nitrogen and oxygen atoms in total. The van der Waals surface area contributed by atoms with Crippen molar-refractivity contribution in [3.63, 3.8) is 0 Å². The first kappa shape index (κ1) is 21.2. The van der Waals surface area contributed by atoms with Gasteiger partial charge in [0.1, 0.15) is 12.0 Å². The molecule has 0 bridgehead atoms. The normalized spacial score (nSPS) is 24.9. The maximum absolute atomic E-state index is 11.8. The van der Waals surface area contributed by atoms with Crippen molar-refractivity contribution in [3.05, 3.63) is 22.7 Å². The summed E-state index contributed by atoms with van der Waals surface area (Å²) in [5.41, 5.74) is 9.91. The van der Waals surface area contributed by atoms with Crippen LogP contribution in [0.3, 0.4) is 0 Å². The standard InChI is InChI=1S/C11H20N4O9P2/c12-4-6-21-25(17,18)24-26(19,20)22-7-8-1-2-10(23-8)15-5-3-9(13)14-11(15)16/h3,5,8,10H,1-2,4,6-7,12H2,(H,17,18)(H,19,20)(H2,13,14,16)/t8-,10+/m0/s1. The lowest BCUT2D eigenvalue weighted by Crippen LogP contribution is -2.27. The van der Waals surface area contributed by atoms with E-state index < -0.39 is 40.3 Å². The van der Waals surface area contributed by atoms with Gasteiger partial charge in [0.15, 0.2) is 0 Å². The van der Waals surface area contributed by atoms with Crippen LogP contribution in [-0.2, 0) is 27.2 Å². The predicted octanol–water partition coefficient (Wildman–Crippen LogP) is -0.288. The Balaban J connectivity index is 1.87. The largest absolute Gasteiger partial charge is 0.481 e. The molecule has 1 aromatic heterocycles. The summed E-state index contributed by atoms with van der Waals surface area (Å²) in [7, 11) is -9.66. The number of rotatable bonds is 9. The minimum Gasteiger partial charge on any atom is -0.383 e. The monoisotopic (exact) mass is 414 g/mol. The number of nitrogens with two attached hydrogens (primary N) is 2. The molecule has 0 radical (unpaired) electrons. The summed E-state index contributed by atoms with van der Waals surface area (Å²) in [6.07, 6.45) is 0.975. The zero-order chi connectivity index (χ0) is 19.4. The Kier molecular flexibility index (Phi) is 7.08. The Labute approximate surface area is 148 Å². The van der Waals surface area contributed by atoms with Crippen molar-refractivity contribution in [2.75, 3.05) is 25.5 Å². The van der Waals surface area contributed by atoms with Gasteiger partial charge in [-0.05, 0) is 18.9 Å². The summed E-state index contributed by atoms with van der Waals surface area (Å²) in [5.74, 6) is 0.0767. The Bertz CT molecular complexity index is 772. The smallest absolute Gasteiger partial charge is 0.383 e. The summed E-state index contributed by atoms with van der Waals surface area (Å²) in [4.78, 5) is 34.1. The number of anilines is 1. The average molecular weight is 414 g/mol. The van der Waals surface area contributed by atoms with Crippen molar-refractivity contribution in [1.82, 2.24) is 9.55 Å². The van der Waals surface area contributed by atoms with Gasteiger partial charge in [-0.15, -0.1) is 0 Å². The molecule has 1 aliphatic rings. The fraction of sp³-hybridized carbons (Fsp3) is 0.636. The van der Waals surface area contributed by atoms with Crippen LogP contribution in [0, 0.1) is 0 Å². The topological polar surface area (TPSA) is 198 Å². The van der Waals surface area contributed by atoms with Crippen LogP contribution in [0.5, 0.6) is 0 Å². The van der Waals surface area contributed by atoms with Crippen LogP contribution >= 0.6 is 15.6 Å². The van der Waals surface area contributed by atoms with E-state index in [9.17, 15) is 23.7 Å². The molecular weight excluding hydrogens is 394 g/mol. The Morgan fingerprint density at radius 1 is 1.31 bits per heavy atom. The molecule has 26 heavy (non-hydrogen) atoms. The Morgan fingerprint density at radius 3 is 2.65 bits per heavy atom. The quantitative estimate of drug-likeness (QED) is 0.386. The number of phosphoric acid groups is 2. The molecule has 1 fully saturated rings. The van der Waals surface area contributed by atoms with E-state index in [1.165, 1.54) is 16.8 Å². The first-order valence-electron chi connectivity index (χ1n) is 7.48. The molecule has 15 heteroatoms. The molecule has 2 unspecified atom stereocenters. The van der Waals surface area contributed by atoms with Crippen LogP contribution in [-0.4, -0.2) is 45.2 Å². The maximum atomic E-state index is 11.8. The molecule has 6 N–H and O–H groups in total. The molecule has 0 aromatic carbocycles. The van der Waals surface area contributed by atoms with E-state index in [4.69, 9.17) is 16.2 Å². The molecule has 148 valence electrons. The second-order valence-corrected chi connectivity index (χ2v) is 8.31. The molecular formula is C11H20N4O9P2. The molecule has 1 aromatic rings. The Hall–Kier alpha value is -1.14. The van der Waals surface area contributed by atoms with Gasteiger partial charge < -0.3 is 26.0 Å². The van der Waals surface area contributed by atoms with Gasteiger partial charge in [-0.25, -0.2) is 13.9 Å². The highest BCUT2D eigenvalue weighted by Gasteiger charge is 2.37. The van der Waals surface area contributed by atoms with Gasteiger partial charge in [0.2, 0.25) is 0 Å². The molecule has 0 amide bonds. The average Bonchev–Trinajstić information content (AvgIpc) is 2.99. The summed E-state index contributed by atoms with van der Waals surface area (Å²) >= 11 is 0. The van der Waals surface area contributed by atoms with Crippen LogP contribution in [0.15, 0.2) is 17.1 Å². The van der Waals surface area contributed by atoms with Crippen LogP contribution in [0.4, 0.5) is 5.82 Å². The highest BCUT2D eigenvalue weighted by atomic mass is 31.3. The van der Waals surface area contributed by atoms with Crippen molar-refractivity contribution in [2.24, 2.45) is 5.73 Å². The SMILES string of the molecule is NCCOP(=O)(O)OP(=O)(O)OC[C@@H]1CC[C@H](n2ccc(N)nc2=O)O1. The fourth-order valence-electron chi connectivity index (χ4n) is 2.18. The number of nitrogens with zero attached hydrogens (tertiary/aromatic N) is 2. The third kappa shape index (κ3) is 6.23. The number of phosphoric ester groups is 2. The number of aromatic nitrogens is 2. The van der Waals surface area contributed by atoms with E-state index in [0.29, 0.717) is 12.8 Å². The lowest BCUT2D eigenvalue weighted by atomic mass is 10.2. The summed E-state index contributed by atoms with van der Waals surface area (Å²) < 4.78 is 43.1. The van der Waals surface area contributed by atoms with Gasteiger partial charge in [0, 0.05) is 12.7 Å². The molecule has 1 aliphatic heterocycles. The summed E-state index contributed by atoms with van der Waals surface area (Å²) in [6.45, 7) is -0.828. The third-order valence-corrected chi connectivity index (χ3v) is 5.88. The zero-order valence-corrected chi connectivity index (χ0v) is 15.3. The first-order chi connectivity index (χ1) is 12.1. The van der Waals surface area contributed by atoms with Gasteiger partial charge >= 0.3 is 21.3 Å². The number of nitrogen functional groups attached to an aromatic ring is 1. The number of hydrogen-bond acceptors (Lipinski definition) is 10. The van der Waals surface area contributed by atoms with Gasteiger partial charge in [-0.2, -0.15) is 9.29 Å². The van der Waals surface area contributed by atoms with Crippen LogP contribution in [0.25, 0.3) is 0 Å². The summed E-state index contributed by atoms with van der Waals surface area (Å²) in [5, 5.41) is 0. The van der Waals surface area contributed by atoms with E-state index in [-0.39, 0.29) is 19.0 Å². The number of ether oxygens (including phenoxy) is 1. The van der Waals surface area contributed by atoms with Crippen molar-refractivity contribution in [1.29, 1.82) is 0 Å². The van der Waals surface area contributed by atoms with E-state index in [1.54, 1.807) is 0 Å². The van der Waals surface area contributed by atoms with Crippen LogP contribution in [0.1, 0.15) is 19.1 Å². The minimum absolute atomic E-state index is 0.0767. The van der Waals surface area contributed by atoms with E-state index in [2.05, 4.69) is 18.3 Å². The number of hydrogen-bond donors (Lipinski definition) is 4.